The van der Waals surface area contributed by atoms with E-state index in [9.17, 15) is 0 Å². The second-order valence-electron chi connectivity index (χ2n) is 2.02. The molecule has 0 N–H and O–H groups in total. The molecule has 0 aliphatic heterocycles. The van der Waals surface area contributed by atoms with Crippen LogP contribution in [0, 0.1) is 6.08 Å². The number of unbranched alkanes of at least 4 members (excludes halogenated alkanes) is 2. The molecule has 0 heteroatoms. The largest absolute Gasteiger partial charge is 0.0956 e. The molecule has 0 aliphatic rings. The van der Waals surface area contributed by atoms with Gasteiger partial charge in [-0.25, -0.2) is 0 Å². The summed E-state index contributed by atoms with van der Waals surface area (Å²) in [5, 5.41) is 0. The van der Waals surface area contributed by atoms with E-state index in [2.05, 4.69) is 31.7 Å². The molecule has 0 unspecified atom stereocenters. The molecule has 0 aromatic heterocycles. The molecule has 0 nitrogen and oxygen atoms in total. The smallest absolute Gasteiger partial charge is 0.0279 e. The highest BCUT2D eigenvalue weighted by molar-refractivity contribution is 4.80. The number of rotatable bonds is 5. The molecule has 0 aliphatic carbocycles. The Bertz CT molecular complexity index is 80.0. The van der Waals surface area contributed by atoms with Crippen LogP contribution in [0.25, 0.3) is 0 Å². The molecule has 0 amide bonds. The van der Waals surface area contributed by atoms with E-state index in [1.807, 2.05) is 0 Å². The molecule has 0 heterocycles. The van der Waals surface area contributed by atoms with Gasteiger partial charge in [0.15, 0.2) is 0 Å². The van der Waals surface area contributed by atoms with E-state index in [1.165, 1.54) is 12.8 Å². The predicted molar refractivity (Wildman–Crippen MR) is 42.2 cm³/mol. The molecule has 0 atom stereocenters. The quantitative estimate of drug-likeness (QED) is 0.389. The summed E-state index contributed by atoms with van der Waals surface area (Å²) in [6.45, 7) is 5.68. The molecule has 1 radical (unpaired) electrons. The maximum atomic E-state index is 3.53. The van der Waals surface area contributed by atoms with Crippen molar-refractivity contribution in [1.82, 2.24) is 0 Å². The average Bonchev–Trinajstić information content (AvgIpc) is 1.89. The van der Waals surface area contributed by atoms with Crippen molar-refractivity contribution >= 4 is 0 Å². The van der Waals surface area contributed by atoms with E-state index in [4.69, 9.17) is 0 Å². The van der Waals surface area contributed by atoms with Crippen LogP contribution in [-0.4, -0.2) is 0 Å². The van der Waals surface area contributed by atoms with Gasteiger partial charge in [-0.2, -0.15) is 0 Å². The summed E-state index contributed by atoms with van der Waals surface area (Å²) >= 11 is 0. The van der Waals surface area contributed by atoms with Crippen LogP contribution in [0.2, 0.25) is 0 Å². The standard InChI is InChI=1S/C9H15/c1-3-5-7-9-8-6-4-2/h6,8H,1,4-5,7,9H2,2H3. The van der Waals surface area contributed by atoms with Crippen molar-refractivity contribution in [3.05, 3.63) is 24.8 Å². The molecule has 9 heavy (non-hydrogen) atoms. The van der Waals surface area contributed by atoms with Crippen molar-refractivity contribution in [1.29, 1.82) is 0 Å². The fraction of sp³-hybridized carbons (Fsp3) is 0.556. The maximum Gasteiger partial charge on any atom is -0.0279 e. The molecule has 51 valence electrons. The minimum atomic E-state index is 1.02. The Hall–Kier alpha value is -0.520. The summed E-state index contributed by atoms with van der Waals surface area (Å²) in [6, 6.07) is 0. The Labute approximate surface area is 58.3 Å². The van der Waals surface area contributed by atoms with Gasteiger partial charge >= 0.3 is 0 Å². The van der Waals surface area contributed by atoms with Crippen LogP contribution in [0.15, 0.2) is 18.7 Å². The van der Waals surface area contributed by atoms with Gasteiger partial charge in [-0.05, 0) is 25.7 Å². The summed E-state index contributed by atoms with van der Waals surface area (Å²) in [4.78, 5) is 0. The summed E-state index contributed by atoms with van der Waals surface area (Å²) < 4.78 is 0. The molecule has 0 bridgehead atoms. The molecule has 0 spiro atoms. The van der Waals surface area contributed by atoms with Crippen LogP contribution in [0.3, 0.4) is 0 Å². The zero-order chi connectivity index (χ0) is 6.95. The lowest BCUT2D eigenvalue weighted by atomic mass is 10.2. The highest BCUT2D eigenvalue weighted by Crippen LogP contribution is 1.96. The first-order valence-corrected chi connectivity index (χ1v) is 3.56. The van der Waals surface area contributed by atoms with Gasteiger partial charge < -0.3 is 0 Å². The summed E-state index contributed by atoms with van der Waals surface area (Å²) in [5.41, 5.74) is 0. The van der Waals surface area contributed by atoms with Gasteiger partial charge in [-0.15, -0.1) is 0 Å². The van der Waals surface area contributed by atoms with Crippen LogP contribution in [0.1, 0.15) is 32.6 Å². The first-order valence-electron chi connectivity index (χ1n) is 3.56. The lowest BCUT2D eigenvalue weighted by molar-refractivity contribution is 0.853. The summed E-state index contributed by atoms with van der Waals surface area (Å²) in [5.74, 6) is 0. The lowest BCUT2D eigenvalue weighted by Crippen LogP contribution is -1.67. The number of hydrogen-bond donors (Lipinski definition) is 0. The van der Waals surface area contributed by atoms with Crippen molar-refractivity contribution in [2.45, 2.75) is 32.6 Å². The molecule has 0 rings (SSSR count). The first kappa shape index (κ1) is 8.48. The van der Waals surface area contributed by atoms with Crippen molar-refractivity contribution in [2.24, 2.45) is 0 Å². The Balaban J connectivity index is 2.90. The van der Waals surface area contributed by atoms with E-state index in [1.54, 1.807) is 0 Å². The lowest BCUT2D eigenvalue weighted by Gasteiger charge is -1.86. The monoisotopic (exact) mass is 123 g/mol. The fourth-order valence-electron chi connectivity index (χ4n) is 0.629. The van der Waals surface area contributed by atoms with E-state index >= 15 is 0 Å². The molecule has 0 fully saturated rings. The summed E-state index contributed by atoms with van der Waals surface area (Å²) in [6.07, 6.45) is 11.8. The zero-order valence-electron chi connectivity index (χ0n) is 6.19. The third-order valence-electron chi connectivity index (χ3n) is 1.13. The molecule has 0 aromatic carbocycles. The Morgan fingerprint density at radius 2 is 2.22 bits per heavy atom. The first-order chi connectivity index (χ1) is 4.41. The number of allylic oxidation sites excluding steroid dienone is 3. The average molecular weight is 123 g/mol. The maximum absolute atomic E-state index is 3.53. The summed E-state index contributed by atoms with van der Waals surface area (Å²) in [7, 11) is 0. The van der Waals surface area contributed by atoms with Gasteiger partial charge in [-0.1, -0.05) is 31.7 Å². The second kappa shape index (κ2) is 7.48. The van der Waals surface area contributed by atoms with Crippen LogP contribution in [0.5, 0.6) is 0 Å². The normalized spacial score (nSPS) is 10.3. The van der Waals surface area contributed by atoms with Crippen LogP contribution < -0.4 is 0 Å². The van der Waals surface area contributed by atoms with Gasteiger partial charge in [-0.3, -0.25) is 0 Å². The Kier molecular flexibility index (Phi) is 7.05. The second-order valence-corrected chi connectivity index (χ2v) is 2.02. The van der Waals surface area contributed by atoms with E-state index in [0.29, 0.717) is 0 Å². The molecular formula is C9H15. The molecular weight excluding hydrogens is 108 g/mol. The van der Waals surface area contributed by atoms with Gasteiger partial charge in [0.1, 0.15) is 0 Å². The predicted octanol–water partition coefficient (Wildman–Crippen LogP) is 3.11. The minimum absolute atomic E-state index is 1.02. The van der Waals surface area contributed by atoms with Crippen molar-refractivity contribution in [3.63, 3.8) is 0 Å². The van der Waals surface area contributed by atoms with E-state index in [0.717, 1.165) is 12.8 Å². The highest BCUT2D eigenvalue weighted by Gasteiger charge is 1.77. The third-order valence-corrected chi connectivity index (χ3v) is 1.13. The SMILES string of the molecule is C=[C]CCCC=CCC. The highest BCUT2D eigenvalue weighted by atomic mass is 13.8. The third kappa shape index (κ3) is 7.48. The zero-order valence-corrected chi connectivity index (χ0v) is 6.19. The molecule has 0 aromatic rings. The van der Waals surface area contributed by atoms with Gasteiger partial charge in [0.25, 0.3) is 0 Å². The fourth-order valence-corrected chi connectivity index (χ4v) is 0.629. The van der Waals surface area contributed by atoms with Crippen LogP contribution in [-0.2, 0) is 0 Å². The van der Waals surface area contributed by atoms with Crippen LogP contribution in [0.4, 0.5) is 0 Å². The molecule has 0 saturated heterocycles. The van der Waals surface area contributed by atoms with Crippen LogP contribution >= 0.6 is 0 Å². The Morgan fingerprint density at radius 3 is 2.78 bits per heavy atom. The van der Waals surface area contributed by atoms with Gasteiger partial charge in [0, 0.05) is 0 Å². The Morgan fingerprint density at radius 1 is 1.44 bits per heavy atom. The number of hydrogen-bond acceptors (Lipinski definition) is 0. The molecule has 0 saturated carbocycles. The van der Waals surface area contributed by atoms with Crippen molar-refractivity contribution in [3.8, 4) is 0 Å². The van der Waals surface area contributed by atoms with Gasteiger partial charge in [0.2, 0.25) is 0 Å². The van der Waals surface area contributed by atoms with E-state index < -0.39 is 0 Å². The van der Waals surface area contributed by atoms with Gasteiger partial charge in [0.05, 0.1) is 0 Å². The van der Waals surface area contributed by atoms with Crippen molar-refractivity contribution < 1.29 is 0 Å². The topological polar surface area (TPSA) is 0 Å². The van der Waals surface area contributed by atoms with E-state index in [-0.39, 0.29) is 0 Å². The minimum Gasteiger partial charge on any atom is -0.0956 e. The van der Waals surface area contributed by atoms with Crippen molar-refractivity contribution in [2.75, 3.05) is 0 Å².